The van der Waals surface area contributed by atoms with Crippen molar-refractivity contribution in [1.82, 2.24) is 29.6 Å². The first kappa shape index (κ1) is 17.1. The van der Waals surface area contributed by atoms with Crippen LogP contribution in [0.2, 0.25) is 0 Å². The van der Waals surface area contributed by atoms with Crippen molar-refractivity contribution < 1.29 is 4.79 Å². The maximum Gasteiger partial charge on any atom is 0.263 e. The Morgan fingerprint density at radius 2 is 2.25 bits per heavy atom. The number of nitrogens with zero attached hydrogens (tertiary/aromatic N) is 4. The number of fused-ring (bicyclic) bond motifs is 5. The second-order valence-corrected chi connectivity index (χ2v) is 7.61. The molecule has 0 spiro atoms. The van der Waals surface area contributed by atoms with Crippen LogP contribution in [0.1, 0.15) is 34.1 Å². The normalized spacial score (nSPS) is 20.7. The number of hydrogen-bond acceptors (Lipinski definition) is 5. The molecule has 1 amide bonds. The van der Waals surface area contributed by atoms with Crippen molar-refractivity contribution >= 4 is 11.7 Å². The number of pyridine rings is 1. The highest BCUT2D eigenvalue weighted by molar-refractivity contribution is 5.93. The Morgan fingerprint density at radius 3 is 3.14 bits per heavy atom. The van der Waals surface area contributed by atoms with Crippen LogP contribution in [-0.2, 0) is 13.0 Å². The van der Waals surface area contributed by atoms with Crippen LogP contribution in [0.15, 0.2) is 41.6 Å². The van der Waals surface area contributed by atoms with E-state index in [2.05, 4.69) is 20.6 Å². The summed E-state index contributed by atoms with van der Waals surface area (Å²) in [5.74, 6) is 1.14. The average molecular weight is 378 g/mol. The monoisotopic (exact) mass is 378 g/mol. The molecule has 8 heteroatoms. The van der Waals surface area contributed by atoms with Crippen LogP contribution in [0.4, 0.5) is 0 Å². The van der Waals surface area contributed by atoms with Crippen LogP contribution >= 0.6 is 0 Å². The summed E-state index contributed by atoms with van der Waals surface area (Å²) in [6.07, 6.45) is 7.18. The first-order valence-corrected chi connectivity index (χ1v) is 9.70. The lowest BCUT2D eigenvalue weighted by Crippen LogP contribution is -2.46. The molecule has 2 aliphatic heterocycles. The van der Waals surface area contributed by atoms with Crippen molar-refractivity contribution in [2.45, 2.75) is 25.3 Å². The third-order valence-electron chi connectivity index (χ3n) is 5.71. The lowest BCUT2D eigenvalue weighted by atomic mass is 9.84. The zero-order valence-corrected chi connectivity index (χ0v) is 15.5. The Hall–Kier alpha value is -3.00. The summed E-state index contributed by atoms with van der Waals surface area (Å²) in [5.41, 5.74) is 1.93. The highest BCUT2D eigenvalue weighted by atomic mass is 16.2. The molecule has 28 heavy (non-hydrogen) atoms. The fourth-order valence-corrected chi connectivity index (χ4v) is 4.36. The van der Waals surface area contributed by atoms with E-state index in [-0.39, 0.29) is 17.0 Å². The first-order chi connectivity index (χ1) is 13.7. The van der Waals surface area contributed by atoms with Gasteiger partial charge in [0.25, 0.3) is 11.5 Å². The summed E-state index contributed by atoms with van der Waals surface area (Å²) >= 11 is 0. The van der Waals surface area contributed by atoms with E-state index in [1.165, 1.54) is 0 Å². The fourth-order valence-electron chi connectivity index (χ4n) is 4.36. The molecule has 5 rings (SSSR count). The van der Waals surface area contributed by atoms with Crippen molar-refractivity contribution in [3.63, 3.8) is 0 Å². The third-order valence-corrected chi connectivity index (χ3v) is 5.71. The van der Waals surface area contributed by atoms with Gasteiger partial charge < -0.3 is 15.2 Å². The number of aromatic nitrogens is 4. The van der Waals surface area contributed by atoms with E-state index in [1.807, 2.05) is 33.5 Å². The van der Waals surface area contributed by atoms with E-state index in [0.717, 1.165) is 30.9 Å². The van der Waals surface area contributed by atoms with Gasteiger partial charge in [0.15, 0.2) is 0 Å². The summed E-state index contributed by atoms with van der Waals surface area (Å²) in [5, 5.41) is 6.29. The van der Waals surface area contributed by atoms with E-state index in [4.69, 9.17) is 0 Å². The summed E-state index contributed by atoms with van der Waals surface area (Å²) in [7, 11) is 0. The Labute approximate surface area is 161 Å². The summed E-state index contributed by atoms with van der Waals surface area (Å²) in [6.45, 7) is 2.94. The summed E-state index contributed by atoms with van der Waals surface area (Å²) in [6, 6.07) is 5.46. The number of nitrogens with one attached hydrogen (secondary N) is 2. The van der Waals surface area contributed by atoms with Gasteiger partial charge >= 0.3 is 0 Å². The quantitative estimate of drug-likeness (QED) is 0.692. The standard InChI is InChI=1S/C20H22N6O2/c27-18(22-6-4-15-12-25-7-1-5-23-20(25)24-15)16-2-3-17-14-8-13(9-21-10-14)11-26(17)19(16)28/h1-3,5,7,12-14,21H,4,6,8-11H2,(H,22,27)/t13-,14+/m0/s1. The van der Waals surface area contributed by atoms with Crippen molar-refractivity contribution in [2.75, 3.05) is 19.6 Å². The minimum absolute atomic E-state index is 0.177. The SMILES string of the molecule is O=C(NCCc1cn2cccnc2n1)c1ccc2n(c1=O)C[C@@H]1CNC[C@H]2C1. The zero-order chi connectivity index (χ0) is 19.1. The fraction of sp³-hybridized carbons (Fsp3) is 0.400. The minimum atomic E-state index is -0.323. The van der Waals surface area contributed by atoms with Crippen molar-refractivity contribution in [3.8, 4) is 0 Å². The smallest absolute Gasteiger partial charge is 0.263 e. The molecule has 0 unspecified atom stereocenters. The van der Waals surface area contributed by atoms with Gasteiger partial charge in [-0.1, -0.05) is 0 Å². The Morgan fingerprint density at radius 1 is 1.32 bits per heavy atom. The molecule has 2 aliphatic rings. The van der Waals surface area contributed by atoms with Gasteiger partial charge in [0.05, 0.1) is 5.69 Å². The van der Waals surface area contributed by atoms with E-state index in [1.54, 1.807) is 12.3 Å². The molecule has 0 radical (unpaired) electrons. The molecule has 0 aliphatic carbocycles. The maximum absolute atomic E-state index is 12.9. The van der Waals surface area contributed by atoms with E-state index in [9.17, 15) is 9.59 Å². The third kappa shape index (κ3) is 2.99. The molecule has 2 bridgehead atoms. The first-order valence-electron chi connectivity index (χ1n) is 9.70. The predicted octanol–water partition coefficient (Wildman–Crippen LogP) is 0.570. The molecule has 1 fully saturated rings. The Bertz CT molecular complexity index is 1070. The molecular formula is C20H22N6O2. The maximum atomic E-state index is 12.9. The van der Waals surface area contributed by atoms with Crippen molar-refractivity contribution in [3.05, 3.63) is 64.1 Å². The summed E-state index contributed by atoms with van der Waals surface area (Å²) < 4.78 is 3.65. The van der Waals surface area contributed by atoms with Gasteiger partial charge in [0.2, 0.25) is 5.78 Å². The minimum Gasteiger partial charge on any atom is -0.351 e. The number of carbonyl (C=O) groups is 1. The molecule has 1 saturated heterocycles. The summed E-state index contributed by atoms with van der Waals surface area (Å²) in [4.78, 5) is 34.1. The van der Waals surface area contributed by atoms with Gasteiger partial charge in [-0.3, -0.25) is 14.0 Å². The molecule has 8 nitrogen and oxygen atoms in total. The van der Waals surface area contributed by atoms with Gasteiger partial charge in [0.1, 0.15) is 5.56 Å². The molecular weight excluding hydrogens is 356 g/mol. The lowest BCUT2D eigenvalue weighted by Gasteiger charge is -2.37. The number of amides is 1. The van der Waals surface area contributed by atoms with E-state index < -0.39 is 0 Å². The number of carbonyl (C=O) groups excluding carboxylic acids is 1. The predicted molar refractivity (Wildman–Crippen MR) is 103 cm³/mol. The Kier molecular flexibility index (Phi) is 4.20. The molecule has 0 aromatic carbocycles. The Balaban J connectivity index is 1.29. The lowest BCUT2D eigenvalue weighted by molar-refractivity contribution is 0.0951. The second-order valence-electron chi connectivity index (χ2n) is 7.61. The van der Waals surface area contributed by atoms with Crippen molar-refractivity contribution in [2.24, 2.45) is 5.92 Å². The molecule has 144 valence electrons. The van der Waals surface area contributed by atoms with Crippen LogP contribution in [0, 0.1) is 5.92 Å². The highest BCUT2D eigenvalue weighted by Gasteiger charge is 2.31. The van der Waals surface area contributed by atoms with Gasteiger partial charge in [-0.2, -0.15) is 0 Å². The van der Waals surface area contributed by atoms with Crippen molar-refractivity contribution in [1.29, 1.82) is 0 Å². The topological polar surface area (TPSA) is 93.3 Å². The molecule has 2 N–H and O–H groups in total. The van der Waals surface area contributed by atoms with Gasteiger partial charge in [-0.05, 0) is 37.1 Å². The second kappa shape index (κ2) is 6.87. The van der Waals surface area contributed by atoms with Crippen LogP contribution in [0.5, 0.6) is 0 Å². The van der Waals surface area contributed by atoms with Gasteiger partial charge in [-0.25, -0.2) is 9.97 Å². The van der Waals surface area contributed by atoms with Gasteiger partial charge in [0, 0.05) is 56.3 Å². The molecule has 0 saturated carbocycles. The average Bonchev–Trinajstić information content (AvgIpc) is 3.12. The van der Waals surface area contributed by atoms with Crippen LogP contribution in [0.25, 0.3) is 5.78 Å². The number of hydrogen-bond donors (Lipinski definition) is 2. The van der Waals surface area contributed by atoms with E-state index in [0.29, 0.717) is 37.1 Å². The molecule has 5 heterocycles. The van der Waals surface area contributed by atoms with E-state index >= 15 is 0 Å². The molecule has 3 aromatic heterocycles. The number of rotatable bonds is 4. The van der Waals surface area contributed by atoms with Crippen LogP contribution < -0.4 is 16.2 Å². The molecule has 3 aromatic rings. The molecule has 2 atom stereocenters. The zero-order valence-electron chi connectivity index (χ0n) is 15.5. The van der Waals surface area contributed by atoms with Crippen LogP contribution in [-0.4, -0.2) is 44.5 Å². The van der Waals surface area contributed by atoms with Crippen LogP contribution in [0.3, 0.4) is 0 Å². The van der Waals surface area contributed by atoms with Gasteiger partial charge in [-0.15, -0.1) is 0 Å². The number of imidazole rings is 1. The highest BCUT2D eigenvalue weighted by Crippen LogP contribution is 2.31. The largest absolute Gasteiger partial charge is 0.351 e. The number of piperidine rings is 1.